The zero-order chi connectivity index (χ0) is 33.1. The van der Waals surface area contributed by atoms with Gasteiger partial charge in [0.2, 0.25) is 0 Å². The maximum absolute atomic E-state index is 15.8. The number of anilines is 1. The summed E-state index contributed by atoms with van der Waals surface area (Å²) in [4.78, 5) is 58.7. The van der Waals surface area contributed by atoms with Crippen LogP contribution in [-0.4, -0.2) is 61.7 Å². The van der Waals surface area contributed by atoms with Crippen molar-refractivity contribution in [2.45, 2.75) is 69.7 Å². The highest BCUT2D eigenvalue weighted by molar-refractivity contribution is 7.99. The number of amides is 2. The molecule has 0 radical (unpaired) electrons. The van der Waals surface area contributed by atoms with E-state index in [0.29, 0.717) is 39.8 Å². The molecule has 4 aliphatic rings. The van der Waals surface area contributed by atoms with E-state index in [2.05, 4.69) is 4.90 Å². The molecule has 2 fully saturated rings. The monoisotopic (exact) mass is 648 g/mol. The van der Waals surface area contributed by atoms with Gasteiger partial charge in [0.1, 0.15) is 22.2 Å². The Hall–Kier alpha value is -4.28. The van der Waals surface area contributed by atoms with Crippen LogP contribution in [0.1, 0.15) is 58.4 Å². The van der Waals surface area contributed by atoms with Crippen LogP contribution in [-0.2, 0) is 30.0 Å². The summed E-state index contributed by atoms with van der Waals surface area (Å²) in [5, 5.41) is 0. The van der Waals surface area contributed by atoms with Crippen molar-refractivity contribution in [2.75, 3.05) is 16.5 Å². The molecule has 2 amide bonds. The molecular formula is C37H36N4O5S. The number of thioether (sulfide) groups is 1. The Morgan fingerprint density at radius 1 is 0.830 bits per heavy atom. The van der Waals surface area contributed by atoms with Gasteiger partial charge < -0.3 is 9.47 Å². The zero-order valence-electron chi connectivity index (χ0n) is 27.2. The lowest BCUT2D eigenvalue weighted by molar-refractivity contribution is -0.164. The van der Waals surface area contributed by atoms with Gasteiger partial charge in [-0.3, -0.25) is 14.5 Å². The topological polar surface area (TPSA) is 102 Å². The highest BCUT2D eigenvalue weighted by Crippen LogP contribution is 2.71. The quantitative estimate of drug-likeness (QED) is 0.217. The molecule has 1 aromatic heterocycles. The number of hydrogen-bond acceptors (Lipinski definition) is 9. The van der Waals surface area contributed by atoms with Crippen LogP contribution in [0.3, 0.4) is 0 Å². The van der Waals surface area contributed by atoms with Crippen molar-refractivity contribution in [3.8, 4) is 11.3 Å². The number of carbonyl (C=O) groups is 3. The van der Waals surface area contributed by atoms with Crippen molar-refractivity contribution in [1.29, 1.82) is 0 Å². The Bertz CT molecular complexity index is 2020. The second-order valence-corrected chi connectivity index (χ2v) is 15.7. The van der Waals surface area contributed by atoms with Gasteiger partial charge in [-0.05, 0) is 70.9 Å². The van der Waals surface area contributed by atoms with Gasteiger partial charge in [0.15, 0.2) is 0 Å². The Kier molecular flexibility index (Phi) is 6.32. The molecular weight excluding hydrogens is 612 g/mol. The molecule has 9 nitrogen and oxygen atoms in total. The van der Waals surface area contributed by atoms with E-state index in [1.165, 1.54) is 0 Å². The second kappa shape index (κ2) is 9.87. The smallest absolute Gasteiger partial charge is 0.421 e. The number of nitrogens with zero attached hydrogens (tertiary/aromatic N) is 4. The predicted octanol–water partition coefficient (Wildman–Crippen LogP) is 6.42. The molecule has 4 atom stereocenters. The van der Waals surface area contributed by atoms with E-state index < -0.39 is 52.1 Å². The van der Waals surface area contributed by atoms with Crippen LogP contribution in [0, 0.1) is 5.92 Å². The van der Waals surface area contributed by atoms with E-state index in [1.54, 1.807) is 44.7 Å². The third-order valence-electron chi connectivity index (χ3n) is 9.60. The molecule has 3 aliphatic heterocycles. The predicted molar refractivity (Wildman–Crippen MR) is 180 cm³/mol. The lowest BCUT2D eigenvalue weighted by Gasteiger charge is -2.46. The first-order valence-corrected chi connectivity index (χ1v) is 17.1. The summed E-state index contributed by atoms with van der Waals surface area (Å²) in [5.41, 5.74) is 0.700. The molecule has 10 heteroatoms. The SMILES string of the molecule is CC(C)(C)OC(=O)[C@H]1[C@@H]2CSCN2[C@@]2(c3ccccc3-c3nc4ccccc4nc32)[C@]12C(=O)N(C(=O)OC(C)(C)C)c1ccccc12. The molecule has 47 heavy (non-hydrogen) atoms. The van der Waals surface area contributed by atoms with Crippen LogP contribution in [0.4, 0.5) is 10.5 Å². The number of imide groups is 1. The maximum atomic E-state index is 15.8. The minimum absolute atomic E-state index is 0.396. The molecule has 0 bridgehead atoms. The first-order valence-electron chi connectivity index (χ1n) is 15.9. The Morgan fingerprint density at radius 2 is 1.45 bits per heavy atom. The van der Waals surface area contributed by atoms with Crippen molar-refractivity contribution in [1.82, 2.24) is 14.9 Å². The molecule has 8 rings (SSSR count). The molecule has 0 unspecified atom stereocenters. The number of benzene rings is 3. The van der Waals surface area contributed by atoms with Crippen molar-refractivity contribution in [2.24, 2.45) is 5.92 Å². The van der Waals surface area contributed by atoms with Crippen molar-refractivity contribution >= 4 is 46.5 Å². The van der Waals surface area contributed by atoms with Crippen LogP contribution in [0.5, 0.6) is 0 Å². The van der Waals surface area contributed by atoms with Gasteiger partial charge in [-0.1, -0.05) is 54.6 Å². The van der Waals surface area contributed by atoms with Gasteiger partial charge >= 0.3 is 12.1 Å². The summed E-state index contributed by atoms with van der Waals surface area (Å²) in [6.07, 6.45) is -0.789. The fraction of sp³-hybridized carbons (Fsp3) is 0.378. The van der Waals surface area contributed by atoms with Gasteiger partial charge in [-0.15, -0.1) is 11.8 Å². The summed E-state index contributed by atoms with van der Waals surface area (Å²) in [7, 11) is 0. The number of esters is 1. The molecule has 240 valence electrons. The third-order valence-corrected chi connectivity index (χ3v) is 10.6. The van der Waals surface area contributed by atoms with Gasteiger partial charge in [0.05, 0.1) is 34.0 Å². The van der Waals surface area contributed by atoms with Crippen LogP contribution in [0.15, 0.2) is 72.8 Å². The van der Waals surface area contributed by atoms with E-state index >= 15 is 4.79 Å². The van der Waals surface area contributed by atoms with E-state index in [1.807, 2.05) is 81.4 Å². The fourth-order valence-electron chi connectivity index (χ4n) is 8.32. The second-order valence-electron chi connectivity index (χ2n) is 14.7. The highest BCUT2D eigenvalue weighted by atomic mass is 32.2. The summed E-state index contributed by atoms with van der Waals surface area (Å²) in [6, 6.07) is 22.5. The molecule has 2 spiro atoms. The largest absolute Gasteiger partial charge is 0.460 e. The zero-order valence-corrected chi connectivity index (χ0v) is 28.1. The lowest BCUT2D eigenvalue weighted by Crippen LogP contribution is -2.61. The number of para-hydroxylation sites is 3. The lowest BCUT2D eigenvalue weighted by atomic mass is 9.58. The van der Waals surface area contributed by atoms with E-state index in [9.17, 15) is 9.59 Å². The standard InChI is InChI=1S/C37H36N4O5S/c1-34(2,3)45-31(42)28-27-19-47-20-40(27)37(22-14-8-7-13-21(22)29-30(37)39-25-17-11-10-16-24(25)38-29)36(28)23-15-9-12-18-26(23)41(32(36)43)33(44)46-35(4,5)6/h7-18,27-28H,19-20H2,1-6H3/t27-,28+,36-,37+/m0/s1. The summed E-state index contributed by atoms with van der Waals surface area (Å²) >= 11 is 1.71. The number of ether oxygens (including phenoxy) is 2. The highest BCUT2D eigenvalue weighted by Gasteiger charge is 2.82. The van der Waals surface area contributed by atoms with E-state index in [-0.39, 0.29) is 0 Å². The normalized spacial score (nSPS) is 26.1. The minimum atomic E-state index is -1.65. The summed E-state index contributed by atoms with van der Waals surface area (Å²) in [6.45, 7) is 10.8. The van der Waals surface area contributed by atoms with Gasteiger partial charge in [0, 0.05) is 23.2 Å². The minimum Gasteiger partial charge on any atom is -0.460 e. The molecule has 3 aromatic carbocycles. The molecule has 1 aliphatic carbocycles. The van der Waals surface area contributed by atoms with Crippen LogP contribution in [0.25, 0.3) is 22.3 Å². The Morgan fingerprint density at radius 3 is 2.15 bits per heavy atom. The number of hydrogen-bond donors (Lipinski definition) is 0. The Balaban J connectivity index is 1.52. The van der Waals surface area contributed by atoms with Crippen LogP contribution < -0.4 is 4.90 Å². The van der Waals surface area contributed by atoms with Gasteiger partial charge in [-0.25, -0.2) is 19.7 Å². The average Bonchev–Trinajstić information content (AvgIpc) is 3.71. The Labute approximate surface area is 277 Å². The molecule has 0 saturated carbocycles. The van der Waals surface area contributed by atoms with Crippen molar-refractivity contribution in [3.05, 3.63) is 89.6 Å². The van der Waals surface area contributed by atoms with Crippen LogP contribution in [0.2, 0.25) is 0 Å². The number of rotatable bonds is 1. The first-order chi connectivity index (χ1) is 22.3. The first kappa shape index (κ1) is 30.1. The van der Waals surface area contributed by atoms with Crippen molar-refractivity contribution in [3.63, 3.8) is 0 Å². The summed E-state index contributed by atoms with van der Waals surface area (Å²) < 4.78 is 12.1. The molecule has 4 aromatic rings. The van der Waals surface area contributed by atoms with Gasteiger partial charge in [-0.2, -0.15) is 0 Å². The fourth-order valence-corrected chi connectivity index (χ4v) is 9.62. The van der Waals surface area contributed by atoms with Gasteiger partial charge in [0.25, 0.3) is 5.91 Å². The molecule has 0 N–H and O–H groups in total. The summed E-state index contributed by atoms with van der Waals surface area (Å²) in [5.74, 6) is -0.865. The molecule has 2 saturated heterocycles. The third kappa shape index (κ3) is 3.91. The van der Waals surface area contributed by atoms with Crippen molar-refractivity contribution < 1.29 is 23.9 Å². The van der Waals surface area contributed by atoms with Crippen LogP contribution >= 0.6 is 11.8 Å². The van der Waals surface area contributed by atoms with E-state index in [0.717, 1.165) is 21.5 Å². The number of fused-ring (bicyclic) bond motifs is 11. The maximum Gasteiger partial charge on any atom is 0.421 e. The number of carbonyl (C=O) groups excluding carboxylic acids is 3. The van der Waals surface area contributed by atoms with E-state index in [4.69, 9.17) is 19.4 Å². The molecule has 4 heterocycles. The average molecular weight is 649 g/mol. The number of aromatic nitrogens is 2.